The van der Waals surface area contributed by atoms with Crippen LogP contribution in [-0.4, -0.2) is 22.9 Å². The lowest BCUT2D eigenvalue weighted by Crippen LogP contribution is -2.32. The van der Waals surface area contributed by atoms with Crippen LogP contribution in [0.4, 0.5) is 0 Å². The Morgan fingerprint density at radius 1 is 1.47 bits per heavy atom. The molecule has 0 aliphatic heterocycles. The third-order valence-electron chi connectivity index (χ3n) is 2.58. The van der Waals surface area contributed by atoms with E-state index in [4.69, 9.17) is 11.6 Å². The third-order valence-corrected chi connectivity index (χ3v) is 3.24. The zero-order valence-electron chi connectivity index (χ0n) is 10.3. The molecule has 94 valence electrons. The molecule has 0 bridgehead atoms. The minimum Gasteiger partial charge on any atom is -0.507 e. The maximum Gasteiger partial charge on any atom is 0.255 e. The Morgan fingerprint density at radius 2 is 2.12 bits per heavy atom. The van der Waals surface area contributed by atoms with Crippen molar-refractivity contribution >= 4 is 17.5 Å². The van der Waals surface area contributed by atoms with Crippen molar-refractivity contribution in [3.05, 3.63) is 29.3 Å². The van der Waals surface area contributed by atoms with E-state index >= 15 is 0 Å². The summed E-state index contributed by atoms with van der Waals surface area (Å²) >= 11 is 6.04. The maximum absolute atomic E-state index is 11.8. The second-order valence-corrected chi connectivity index (χ2v) is 5.05. The van der Waals surface area contributed by atoms with Crippen molar-refractivity contribution < 1.29 is 9.90 Å². The van der Waals surface area contributed by atoms with Gasteiger partial charge < -0.3 is 10.4 Å². The Morgan fingerprint density at radius 3 is 2.71 bits per heavy atom. The molecule has 1 rings (SSSR count). The molecular formula is C13H18ClNO2. The Kier molecular flexibility index (Phi) is 4.82. The molecule has 0 saturated heterocycles. The fraction of sp³-hybridized carbons (Fsp3) is 0.462. The average Bonchev–Trinajstić information content (AvgIpc) is 2.28. The first-order valence-electron chi connectivity index (χ1n) is 5.63. The van der Waals surface area contributed by atoms with Gasteiger partial charge in [0, 0.05) is 6.54 Å². The lowest BCUT2D eigenvalue weighted by Gasteiger charge is -2.14. The zero-order chi connectivity index (χ0) is 13.0. The molecule has 1 atom stereocenters. The van der Waals surface area contributed by atoms with E-state index in [-0.39, 0.29) is 22.6 Å². The van der Waals surface area contributed by atoms with E-state index in [1.807, 2.05) is 20.8 Å². The smallest absolute Gasteiger partial charge is 0.255 e. The van der Waals surface area contributed by atoms with Gasteiger partial charge in [0.1, 0.15) is 5.75 Å². The summed E-state index contributed by atoms with van der Waals surface area (Å²) in [6, 6.07) is 4.93. The van der Waals surface area contributed by atoms with Crippen molar-refractivity contribution in [2.75, 3.05) is 6.54 Å². The van der Waals surface area contributed by atoms with Gasteiger partial charge in [-0.05, 0) is 25.0 Å². The molecule has 1 aromatic carbocycles. The van der Waals surface area contributed by atoms with Crippen molar-refractivity contribution in [1.82, 2.24) is 5.32 Å². The first kappa shape index (κ1) is 13.8. The predicted octanol–water partition coefficient (Wildman–Crippen LogP) is 2.69. The zero-order valence-corrected chi connectivity index (χ0v) is 11.1. The molecule has 1 unspecified atom stereocenters. The van der Waals surface area contributed by atoms with Crippen LogP contribution in [-0.2, 0) is 0 Å². The van der Waals surface area contributed by atoms with Crippen LogP contribution in [0.25, 0.3) is 0 Å². The second-order valence-electron chi connectivity index (χ2n) is 4.49. The number of rotatable bonds is 4. The van der Waals surface area contributed by atoms with Gasteiger partial charge in [-0.25, -0.2) is 0 Å². The minimum atomic E-state index is -0.294. The van der Waals surface area contributed by atoms with E-state index in [1.165, 1.54) is 6.07 Å². The van der Waals surface area contributed by atoms with Crippen LogP contribution < -0.4 is 5.32 Å². The number of alkyl halides is 1. The molecule has 0 radical (unpaired) electrons. The molecule has 0 saturated carbocycles. The summed E-state index contributed by atoms with van der Waals surface area (Å²) in [4.78, 5) is 11.8. The fourth-order valence-corrected chi connectivity index (χ4v) is 1.43. The van der Waals surface area contributed by atoms with Gasteiger partial charge in [0.25, 0.3) is 5.91 Å². The third kappa shape index (κ3) is 3.93. The first-order valence-corrected chi connectivity index (χ1v) is 6.07. The highest BCUT2D eigenvalue weighted by Crippen LogP contribution is 2.18. The van der Waals surface area contributed by atoms with Crippen LogP contribution >= 0.6 is 11.6 Å². The van der Waals surface area contributed by atoms with Gasteiger partial charge in [0.05, 0.1) is 10.9 Å². The van der Waals surface area contributed by atoms with E-state index in [0.29, 0.717) is 12.5 Å². The van der Waals surface area contributed by atoms with Gasteiger partial charge in [-0.3, -0.25) is 4.79 Å². The summed E-state index contributed by atoms with van der Waals surface area (Å²) in [7, 11) is 0. The van der Waals surface area contributed by atoms with Gasteiger partial charge in [0.2, 0.25) is 0 Å². The highest BCUT2D eigenvalue weighted by atomic mass is 35.5. The van der Waals surface area contributed by atoms with E-state index < -0.39 is 0 Å². The van der Waals surface area contributed by atoms with Crippen molar-refractivity contribution in [3.8, 4) is 5.75 Å². The molecule has 2 N–H and O–H groups in total. The molecule has 0 fully saturated rings. The van der Waals surface area contributed by atoms with Crippen LogP contribution in [0.5, 0.6) is 5.75 Å². The molecule has 0 spiro atoms. The number of aromatic hydroxyl groups is 1. The summed E-state index contributed by atoms with van der Waals surface area (Å²) in [5.41, 5.74) is 1.22. The van der Waals surface area contributed by atoms with Crippen molar-refractivity contribution in [2.45, 2.75) is 26.1 Å². The van der Waals surface area contributed by atoms with Gasteiger partial charge in [-0.2, -0.15) is 0 Å². The molecule has 17 heavy (non-hydrogen) atoms. The predicted molar refractivity (Wildman–Crippen MR) is 69.7 cm³/mol. The Hall–Kier alpha value is -1.22. The number of halogens is 1. The van der Waals surface area contributed by atoms with Crippen LogP contribution in [0.15, 0.2) is 18.2 Å². The molecular weight excluding hydrogens is 238 g/mol. The number of aryl methyl sites for hydroxylation is 1. The van der Waals surface area contributed by atoms with Crippen LogP contribution in [0.3, 0.4) is 0 Å². The minimum absolute atomic E-state index is 0.0104. The topological polar surface area (TPSA) is 49.3 Å². The fourth-order valence-electron chi connectivity index (χ4n) is 1.35. The van der Waals surface area contributed by atoms with Crippen LogP contribution in [0.1, 0.15) is 29.8 Å². The van der Waals surface area contributed by atoms with Crippen LogP contribution in [0.2, 0.25) is 0 Å². The summed E-state index contributed by atoms with van der Waals surface area (Å²) < 4.78 is 0. The molecule has 4 heteroatoms. The second kappa shape index (κ2) is 5.92. The Balaban J connectivity index is 2.67. The lowest BCUT2D eigenvalue weighted by molar-refractivity contribution is 0.0949. The van der Waals surface area contributed by atoms with Gasteiger partial charge >= 0.3 is 0 Å². The number of carbonyl (C=O) groups excluding carboxylic acids is 1. The SMILES string of the molecule is Cc1ccc(O)c(C(=O)NCC(Cl)C(C)C)c1. The van der Waals surface area contributed by atoms with Gasteiger partial charge in [-0.1, -0.05) is 25.5 Å². The summed E-state index contributed by atoms with van der Waals surface area (Å²) in [5.74, 6) is -0.00987. The standard InChI is InChI=1S/C13H18ClNO2/c1-8(2)11(14)7-15-13(17)10-6-9(3)4-5-12(10)16/h4-6,8,11,16H,7H2,1-3H3,(H,15,17). The Labute approximate surface area is 107 Å². The molecule has 0 aromatic heterocycles. The number of benzene rings is 1. The Bertz CT molecular complexity index is 404. The summed E-state index contributed by atoms with van der Waals surface area (Å²) in [5, 5.41) is 12.2. The lowest BCUT2D eigenvalue weighted by atomic mass is 10.1. The number of nitrogens with one attached hydrogen (secondary N) is 1. The number of phenols is 1. The summed E-state index contributed by atoms with van der Waals surface area (Å²) in [6.07, 6.45) is 0. The molecule has 0 aliphatic carbocycles. The van der Waals surface area contributed by atoms with Crippen molar-refractivity contribution in [1.29, 1.82) is 0 Å². The van der Waals surface area contributed by atoms with E-state index in [2.05, 4.69) is 5.32 Å². The largest absolute Gasteiger partial charge is 0.507 e. The molecule has 0 aliphatic rings. The van der Waals surface area contributed by atoms with E-state index in [1.54, 1.807) is 12.1 Å². The highest BCUT2D eigenvalue weighted by Gasteiger charge is 2.14. The molecule has 0 heterocycles. The highest BCUT2D eigenvalue weighted by molar-refractivity contribution is 6.21. The maximum atomic E-state index is 11.8. The van der Waals surface area contributed by atoms with Crippen molar-refractivity contribution in [3.63, 3.8) is 0 Å². The number of hydrogen-bond donors (Lipinski definition) is 2. The number of phenolic OH excluding ortho intramolecular Hbond substituents is 1. The number of amides is 1. The average molecular weight is 256 g/mol. The first-order chi connectivity index (χ1) is 7.91. The number of hydrogen-bond acceptors (Lipinski definition) is 2. The number of carbonyl (C=O) groups is 1. The van der Waals surface area contributed by atoms with Crippen molar-refractivity contribution in [2.24, 2.45) is 5.92 Å². The quantitative estimate of drug-likeness (QED) is 0.813. The summed E-state index contributed by atoms with van der Waals surface area (Å²) in [6.45, 7) is 6.25. The molecule has 1 aromatic rings. The normalized spacial score (nSPS) is 12.5. The van der Waals surface area contributed by atoms with E-state index in [0.717, 1.165) is 5.56 Å². The van der Waals surface area contributed by atoms with Gasteiger partial charge in [-0.15, -0.1) is 11.6 Å². The molecule has 3 nitrogen and oxygen atoms in total. The van der Waals surface area contributed by atoms with Crippen LogP contribution in [0, 0.1) is 12.8 Å². The molecule has 1 amide bonds. The van der Waals surface area contributed by atoms with Gasteiger partial charge in [0.15, 0.2) is 0 Å². The monoisotopic (exact) mass is 255 g/mol. The van der Waals surface area contributed by atoms with E-state index in [9.17, 15) is 9.90 Å².